The van der Waals surface area contributed by atoms with E-state index in [1.54, 1.807) is 6.20 Å². The summed E-state index contributed by atoms with van der Waals surface area (Å²) in [5.74, 6) is 1.08. The molecule has 78 valence electrons. The monoisotopic (exact) mass is 194 g/mol. The molecule has 0 aliphatic rings. The molecular weight excluding hydrogens is 176 g/mol. The Morgan fingerprint density at radius 2 is 2.07 bits per heavy atom. The number of rotatable bonds is 2. The number of nitrogens with one attached hydrogen (secondary N) is 1. The maximum Gasteiger partial charge on any atom is 0.221 e. The fraction of sp³-hybridized carbons (Fsp3) is 0.600. The van der Waals surface area contributed by atoms with Gasteiger partial charge in [0, 0.05) is 12.2 Å². The van der Waals surface area contributed by atoms with Crippen LogP contribution in [0.2, 0.25) is 0 Å². The molecule has 1 aromatic heterocycles. The maximum absolute atomic E-state index is 5.48. The first-order valence-corrected chi connectivity index (χ1v) is 4.74. The predicted octanol–water partition coefficient (Wildman–Crippen LogP) is 1.91. The minimum absolute atomic E-state index is 0.194. The standard InChI is InChI=1S/C10H18N4/c1-7(10(2,3)4)13-8-5-6-12-9(11)14-8/h5-7H,1-4H3,(H3,11,12,13,14). The highest BCUT2D eigenvalue weighted by Crippen LogP contribution is 2.21. The van der Waals surface area contributed by atoms with Gasteiger partial charge in [-0.25, -0.2) is 4.98 Å². The largest absolute Gasteiger partial charge is 0.368 e. The van der Waals surface area contributed by atoms with E-state index in [4.69, 9.17) is 5.73 Å². The number of nitrogens with zero attached hydrogens (tertiary/aromatic N) is 2. The Kier molecular flexibility index (Phi) is 2.93. The van der Waals surface area contributed by atoms with Crippen molar-refractivity contribution in [3.63, 3.8) is 0 Å². The third kappa shape index (κ3) is 2.87. The molecule has 0 fully saturated rings. The van der Waals surface area contributed by atoms with E-state index in [1.807, 2.05) is 6.07 Å². The molecule has 0 saturated carbocycles. The van der Waals surface area contributed by atoms with Crippen LogP contribution in [0, 0.1) is 5.41 Å². The van der Waals surface area contributed by atoms with E-state index in [1.165, 1.54) is 0 Å². The fourth-order valence-corrected chi connectivity index (χ4v) is 0.892. The van der Waals surface area contributed by atoms with E-state index in [2.05, 4.69) is 43.0 Å². The van der Waals surface area contributed by atoms with Gasteiger partial charge in [0.25, 0.3) is 0 Å². The van der Waals surface area contributed by atoms with E-state index in [9.17, 15) is 0 Å². The SMILES string of the molecule is CC(Nc1ccnc(N)n1)C(C)(C)C. The number of nitrogen functional groups attached to an aromatic ring is 1. The van der Waals surface area contributed by atoms with Crippen molar-refractivity contribution in [1.29, 1.82) is 0 Å². The Morgan fingerprint density at radius 1 is 1.43 bits per heavy atom. The molecule has 1 heterocycles. The third-order valence-electron chi connectivity index (χ3n) is 2.34. The van der Waals surface area contributed by atoms with Crippen molar-refractivity contribution in [2.24, 2.45) is 5.41 Å². The molecule has 0 aromatic carbocycles. The summed E-state index contributed by atoms with van der Waals surface area (Å²) >= 11 is 0. The van der Waals surface area contributed by atoms with Crippen molar-refractivity contribution in [3.8, 4) is 0 Å². The quantitative estimate of drug-likeness (QED) is 0.754. The molecule has 1 unspecified atom stereocenters. The molecule has 0 spiro atoms. The molecule has 0 radical (unpaired) electrons. The Bertz CT molecular complexity index is 303. The van der Waals surface area contributed by atoms with Gasteiger partial charge in [0.2, 0.25) is 5.95 Å². The van der Waals surface area contributed by atoms with Crippen LogP contribution in [-0.2, 0) is 0 Å². The van der Waals surface area contributed by atoms with Crippen molar-refractivity contribution in [3.05, 3.63) is 12.3 Å². The van der Waals surface area contributed by atoms with Gasteiger partial charge in [0.15, 0.2) is 0 Å². The van der Waals surface area contributed by atoms with Gasteiger partial charge in [-0.15, -0.1) is 0 Å². The zero-order valence-corrected chi connectivity index (χ0v) is 9.20. The normalized spacial score (nSPS) is 13.7. The number of anilines is 2. The Labute approximate surface area is 85.0 Å². The second-order valence-electron chi connectivity index (χ2n) is 4.53. The van der Waals surface area contributed by atoms with Crippen LogP contribution in [0.25, 0.3) is 0 Å². The van der Waals surface area contributed by atoms with Crippen LogP contribution in [0.4, 0.5) is 11.8 Å². The van der Waals surface area contributed by atoms with Crippen molar-refractivity contribution in [1.82, 2.24) is 9.97 Å². The lowest BCUT2D eigenvalue weighted by molar-refractivity contribution is 0.359. The summed E-state index contributed by atoms with van der Waals surface area (Å²) in [5, 5.41) is 3.29. The zero-order chi connectivity index (χ0) is 10.8. The molecule has 1 atom stereocenters. The lowest BCUT2D eigenvalue weighted by atomic mass is 9.88. The van der Waals surface area contributed by atoms with Gasteiger partial charge in [-0.05, 0) is 18.4 Å². The summed E-state index contributed by atoms with van der Waals surface area (Å²) in [7, 11) is 0. The fourth-order valence-electron chi connectivity index (χ4n) is 0.892. The molecule has 1 aromatic rings. The molecule has 0 aliphatic carbocycles. The lowest BCUT2D eigenvalue weighted by Gasteiger charge is -2.28. The van der Waals surface area contributed by atoms with Crippen LogP contribution in [0.15, 0.2) is 12.3 Å². The van der Waals surface area contributed by atoms with Gasteiger partial charge >= 0.3 is 0 Å². The summed E-state index contributed by atoms with van der Waals surface area (Å²) in [6.07, 6.45) is 1.65. The number of nitrogens with two attached hydrogens (primary N) is 1. The van der Waals surface area contributed by atoms with E-state index < -0.39 is 0 Å². The van der Waals surface area contributed by atoms with Crippen molar-refractivity contribution >= 4 is 11.8 Å². The van der Waals surface area contributed by atoms with Crippen LogP contribution in [0.1, 0.15) is 27.7 Å². The first-order chi connectivity index (χ1) is 6.39. The first-order valence-electron chi connectivity index (χ1n) is 4.74. The topological polar surface area (TPSA) is 63.8 Å². The molecular formula is C10H18N4. The molecule has 14 heavy (non-hydrogen) atoms. The number of hydrogen-bond acceptors (Lipinski definition) is 4. The maximum atomic E-state index is 5.48. The van der Waals surface area contributed by atoms with Gasteiger partial charge in [-0.1, -0.05) is 20.8 Å². The van der Waals surface area contributed by atoms with Crippen LogP contribution >= 0.6 is 0 Å². The molecule has 0 saturated heterocycles. The second kappa shape index (κ2) is 3.82. The van der Waals surface area contributed by atoms with Gasteiger partial charge in [-0.3, -0.25) is 0 Å². The van der Waals surface area contributed by atoms with Gasteiger partial charge in [-0.2, -0.15) is 4.98 Å². The molecule has 0 bridgehead atoms. The summed E-state index contributed by atoms with van der Waals surface area (Å²) in [5.41, 5.74) is 5.68. The van der Waals surface area contributed by atoms with Crippen LogP contribution in [-0.4, -0.2) is 16.0 Å². The molecule has 1 rings (SSSR count). The highest BCUT2D eigenvalue weighted by molar-refractivity contribution is 5.38. The van der Waals surface area contributed by atoms with Gasteiger partial charge in [0.1, 0.15) is 5.82 Å². The highest BCUT2D eigenvalue weighted by Gasteiger charge is 2.19. The Morgan fingerprint density at radius 3 is 2.57 bits per heavy atom. The summed E-state index contributed by atoms with van der Waals surface area (Å²) < 4.78 is 0. The van der Waals surface area contributed by atoms with Crippen LogP contribution in [0.5, 0.6) is 0 Å². The van der Waals surface area contributed by atoms with Gasteiger partial charge in [0.05, 0.1) is 0 Å². The first kappa shape index (κ1) is 10.8. The van der Waals surface area contributed by atoms with E-state index in [0.29, 0.717) is 12.0 Å². The van der Waals surface area contributed by atoms with Gasteiger partial charge < -0.3 is 11.1 Å². The lowest BCUT2D eigenvalue weighted by Crippen LogP contribution is -2.31. The average Bonchev–Trinajstić information content (AvgIpc) is 2.02. The Hall–Kier alpha value is -1.32. The number of hydrogen-bond donors (Lipinski definition) is 2. The Balaban J connectivity index is 2.70. The molecule has 0 amide bonds. The smallest absolute Gasteiger partial charge is 0.221 e. The summed E-state index contributed by atoms with van der Waals surface area (Å²) in [6, 6.07) is 2.15. The van der Waals surface area contributed by atoms with Crippen molar-refractivity contribution < 1.29 is 0 Å². The van der Waals surface area contributed by atoms with E-state index in [0.717, 1.165) is 5.82 Å². The molecule has 0 aliphatic heterocycles. The third-order valence-corrected chi connectivity index (χ3v) is 2.34. The minimum atomic E-state index is 0.194. The molecule has 4 nitrogen and oxygen atoms in total. The average molecular weight is 194 g/mol. The molecule has 3 N–H and O–H groups in total. The summed E-state index contributed by atoms with van der Waals surface area (Å²) in [6.45, 7) is 8.65. The van der Waals surface area contributed by atoms with Crippen molar-refractivity contribution in [2.45, 2.75) is 33.7 Å². The highest BCUT2D eigenvalue weighted by atomic mass is 15.1. The van der Waals surface area contributed by atoms with Crippen LogP contribution in [0.3, 0.4) is 0 Å². The van der Waals surface area contributed by atoms with E-state index >= 15 is 0 Å². The zero-order valence-electron chi connectivity index (χ0n) is 9.20. The van der Waals surface area contributed by atoms with E-state index in [-0.39, 0.29) is 5.41 Å². The number of aromatic nitrogens is 2. The summed E-state index contributed by atoms with van der Waals surface area (Å²) in [4.78, 5) is 7.92. The second-order valence-corrected chi connectivity index (χ2v) is 4.53. The predicted molar refractivity (Wildman–Crippen MR) is 59.0 cm³/mol. The van der Waals surface area contributed by atoms with Crippen LogP contribution < -0.4 is 11.1 Å². The van der Waals surface area contributed by atoms with Crippen molar-refractivity contribution in [2.75, 3.05) is 11.1 Å². The minimum Gasteiger partial charge on any atom is -0.368 e. The molecule has 4 heteroatoms.